The molecule has 1 N–H and O–H groups in total. The normalized spacial score (nSPS) is 23.9. The molecule has 2 aromatic rings. The van der Waals surface area contributed by atoms with E-state index in [1.165, 1.54) is 21.9 Å². The summed E-state index contributed by atoms with van der Waals surface area (Å²) in [6.45, 7) is 2.39. The van der Waals surface area contributed by atoms with Gasteiger partial charge in [-0.05, 0) is 74.6 Å². The van der Waals surface area contributed by atoms with Gasteiger partial charge in [-0.2, -0.15) is 13.2 Å². The summed E-state index contributed by atoms with van der Waals surface area (Å²) >= 11 is 6.12. The zero-order valence-corrected chi connectivity index (χ0v) is 23.8. The number of nitrogens with zero attached hydrogens (tertiary/aromatic N) is 2. The second kappa shape index (κ2) is 11.5. The Hall–Kier alpha value is -3.18. The molecule has 0 aromatic heterocycles. The van der Waals surface area contributed by atoms with Crippen LogP contribution in [0.1, 0.15) is 44.1 Å². The average Bonchev–Trinajstić information content (AvgIpc) is 3.69. The van der Waals surface area contributed by atoms with Crippen LogP contribution in [0.3, 0.4) is 0 Å². The Morgan fingerprint density at radius 1 is 1.05 bits per heavy atom. The van der Waals surface area contributed by atoms with Crippen molar-refractivity contribution in [3.8, 4) is 5.75 Å². The first-order chi connectivity index (χ1) is 19.9. The molecule has 3 fully saturated rings. The van der Waals surface area contributed by atoms with Crippen LogP contribution < -0.4 is 10.1 Å². The standard InChI is InChI=1S/C30H32ClF4N3O4/c1-2-38(27(41)42-23-9-7-22(32)8-10-23)29(18-36-17-24(29)19-3-5-21(31)6-4-19)25(39)20-11-15-37(16-12-20)26(40)28(13-14-28)30(33,34)35/h3-10,20,24,36H,2,11-18H2,1H3/t24-,29+/m0/s1. The predicted molar refractivity (Wildman–Crippen MR) is 147 cm³/mol. The fourth-order valence-corrected chi connectivity index (χ4v) is 6.57. The number of carbonyl (C=O) groups excluding carboxylic acids is 3. The Morgan fingerprint density at radius 2 is 1.67 bits per heavy atom. The maximum absolute atomic E-state index is 14.6. The van der Waals surface area contributed by atoms with Gasteiger partial charge in [-0.3, -0.25) is 14.5 Å². The molecule has 0 spiro atoms. The van der Waals surface area contributed by atoms with Crippen LogP contribution in [0, 0.1) is 17.2 Å². The van der Waals surface area contributed by atoms with Crippen LogP contribution in [-0.4, -0.2) is 72.0 Å². The second-order valence-corrected chi connectivity index (χ2v) is 11.7. The SMILES string of the molecule is CCN(C(=O)Oc1ccc(F)cc1)[C@]1(C(=O)C2CCN(C(=O)C3(C(F)(F)F)CC3)CC2)CNC[C@H]1c1ccc(Cl)cc1. The van der Waals surface area contributed by atoms with Gasteiger partial charge in [-0.15, -0.1) is 0 Å². The largest absolute Gasteiger partial charge is 0.416 e. The lowest BCUT2D eigenvalue weighted by molar-refractivity contribution is -0.199. The van der Waals surface area contributed by atoms with Crippen LogP contribution in [0.4, 0.5) is 22.4 Å². The van der Waals surface area contributed by atoms with E-state index in [0.29, 0.717) is 11.6 Å². The summed E-state index contributed by atoms with van der Waals surface area (Å²) in [5.41, 5.74) is -2.91. The van der Waals surface area contributed by atoms with Crippen LogP contribution in [0.5, 0.6) is 5.75 Å². The maximum Gasteiger partial charge on any atom is 0.416 e. The third-order valence-corrected chi connectivity index (χ3v) is 9.16. The van der Waals surface area contributed by atoms with E-state index in [9.17, 15) is 31.9 Å². The number of ketones is 1. The third kappa shape index (κ3) is 5.37. The Labute approximate surface area is 246 Å². The van der Waals surface area contributed by atoms with Gasteiger partial charge in [0.05, 0.1) is 0 Å². The summed E-state index contributed by atoms with van der Waals surface area (Å²) in [4.78, 5) is 43.7. The lowest BCUT2D eigenvalue weighted by atomic mass is 9.71. The molecule has 0 unspecified atom stereocenters. The van der Waals surface area contributed by atoms with Crippen molar-refractivity contribution in [2.45, 2.75) is 50.2 Å². The Bertz CT molecular complexity index is 1330. The van der Waals surface area contributed by atoms with E-state index >= 15 is 0 Å². The number of ether oxygens (including phenoxy) is 1. The van der Waals surface area contributed by atoms with Crippen molar-refractivity contribution in [2.24, 2.45) is 11.3 Å². The summed E-state index contributed by atoms with van der Waals surface area (Å²) in [6, 6.07) is 12.0. The van der Waals surface area contributed by atoms with Crippen LogP contribution in [0.2, 0.25) is 5.02 Å². The number of rotatable bonds is 7. The van der Waals surface area contributed by atoms with Gasteiger partial charge in [-0.1, -0.05) is 23.7 Å². The number of likely N-dealkylation sites (N-methyl/N-ethyl adjacent to an activating group) is 1. The number of amides is 2. The Morgan fingerprint density at radius 3 is 2.21 bits per heavy atom. The topological polar surface area (TPSA) is 79.0 Å². The fraction of sp³-hybridized carbons (Fsp3) is 0.500. The van der Waals surface area contributed by atoms with Crippen LogP contribution in [0.15, 0.2) is 48.5 Å². The predicted octanol–water partition coefficient (Wildman–Crippen LogP) is 5.58. The van der Waals surface area contributed by atoms with Crippen LogP contribution in [0.25, 0.3) is 0 Å². The minimum Gasteiger partial charge on any atom is -0.410 e. The molecule has 2 amide bonds. The molecule has 0 bridgehead atoms. The smallest absolute Gasteiger partial charge is 0.410 e. The molecular weight excluding hydrogens is 578 g/mol. The van der Waals surface area contributed by atoms with E-state index in [1.54, 1.807) is 31.2 Å². The van der Waals surface area contributed by atoms with Crippen molar-refractivity contribution in [3.63, 3.8) is 0 Å². The number of benzene rings is 2. The molecule has 5 rings (SSSR count). The number of nitrogens with one attached hydrogen (secondary N) is 1. The van der Waals surface area contributed by atoms with Gasteiger partial charge in [0.2, 0.25) is 5.91 Å². The molecule has 1 saturated carbocycles. The van der Waals surface area contributed by atoms with Gasteiger partial charge in [0, 0.05) is 49.6 Å². The molecule has 1 aliphatic carbocycles. The zero-order valence-electron chi connectivity index (χ0n) is 23.1. The molecule has 2 heterocycles. The van der Waals surface area contributed by atoms with Crippen LogP contribution in [-0.2, 0) is 9.59 Å². The summed E-state index contributed by atoms with van der Waals surface area (Å²) in [6.07, 6.45) is -5.46. The van der Waals surface area contributed by atoms with Gasteiger partial charge in [-0.25, -0.2) is 9.18 Å². The first-order valence-corrected chi connectivity index (χ1v) is 14.4. The number of hydrogen-bond acceptors (Lipinski definition) is 5. The first-order valence-electron chi connectivity index (χ1n) is 14.0. The molecular formula is C30H32ClF4N3O4. The average molecular weight is 610 g/mol. The van der Waals surface area contributed by atoms with Crippen molar-refractivity contribution in [3.05, 3.63) is 64.9 Å². The monoisotopic (exact) mass is 609 g/mol. The molecule has 226 valence electrons. The lowest BCUT2D eigenvalue weighted by Crippen LogP contribution is -2.64. The highest BCUT2D eigenvalue weighted by Gasteiger charge is 2.69. The van der Waals surface area contributed by atoms with E-state index in [-0.39, 0.29) is 63.4 Å². The molecule has 2 atom stereocenters. The Kier molecular flexibility index (Phi) is 8.28. The molecule has 0 radical (unpaired) electrons. The second-order valence-electron chi connectivity index (χ2n) is 11.2. The number of Topliss-reactive ketones (excluding diaryl/α,β-unsaturated/α-hetero) is 1. The third-order valence-electron chi connectivity index (χ3n) is 8.91. The number of likely N-dealkylation sites (tertiary alicyclic amines) is 1. The summed E-state index contributed by atoms with van der Waals surface area (Å²) in [7, 11) is 0. The van der Waals surface area contributed by atoms with Crippen molar-refractivity contribution >= 4 is 29.4 Å². The zero-order chi connectivity index (χ0) is 30.3. The maximum atomic E-state index is 14.6. The summed E-state index contributed by atoms with van der Waals surface area (Å²) in [5.74, 6) is -2.63. The van der Waals surface area contributed by atoms with Gasteiger partial charge in [0.1, 0.15) is 22.5 Å². The number of halogens is 5. The van der Waals surface area contributed by atoms with Crippen molar-refractivity contribution in [2.75, 3.05) is 32.7 Å². The molecule has 42 heavy (non-hydrogen) atoms. The van der Waals surface area contributed by atoms with E-state index < -0.39 is 46.8 Å². The molecule has 2 aliphatic heterocycles. The van der Waals surface area contributed by atoms with E-state index in [0.717, 1.165) is 17.7 Å². The minimum atomic E-state index is -4.60. The van der Waals surface area contributed by atoms with E-state index in [1.807, 2.05) is 0 Å². The van der Waals surface area contributed by atoms with Gasteiger partial charge in [0.25, 0.3) is 0 Å². The quantitative estimate of drug-likeness (QED) is 0.415. The molecule has 2 saturated heterocycles. The fourth-order valence-electron chi connectivity index (χ4n) is 6.44. The highest BCUT2D eigenvalue weighted by molar-refractivity contribution is 6.30. The van der Waals surface area contributed by atoms with E-state index in [4.69, 9.17) is 16.3 Å². The van der Waals surface area contributed by atoms with Crippen molar-refractivity contribution in [1.82, 2.24) is 15.1 Å². The molecule has 3 aliphatic rings. The summed E-state index contributed by atoms with van der Waals surface area (Å²) < 4.78 is 59.8. The van der Waals surface area contributed by atoms with Gasteiger partial charge >= 0.3 is 12.3 Å². The minimum absolute atomic E-state index is 0.0222. The van der Waals surface area contributed by atoms with Gasteiger partial charge < -0.3 is 15.0 Å². The van der Waals surface area contributed by atoms with Crippen molar-refractivity contribution < 1.29 is 36.7 Å². The first kappa shape index (κ1) is 30.3. The number of carbonyl (C=O) groups is 3. The lowest BCUT2D eigenvalue weighted by Gasteiger charge is -2.45. The van der Waals surface area contributed by atoms with Crippen LogP contribution >= 0.6 is 11.6 Å². The molecule has 12 heteroatoms. The van der Waals surface area contributed by atoms with Crippen molar-refractivity contribution in [1.29, 1.82) is 0 Å². The number of piperidine rings is 1. The molecule has 7 nitrogen and oxygen atoms in total. The Balaban J connectivity index is 1.43. The van der Waals surface area contributed by atoms with Gasteiger partial charge in [0.15, 0.2) is 5.78 Å². The van der Waals surface area contributed by atoms with E-state index in [2.05, 4.69) is 5.32 Å². The number of hydrogen-bond donors (Lipinski definition) is 1. The number of alkyl halides is 3. The highest BCUT2D eigenvalue weighted by atomic mass is 35.5. The summed E-state index contributed by atoms with van der Waals surface area (Å²) in [5, 5.41) is 3.78. The highest BCUT2D eigenvalue weighted by Crippen LogP contribution is 2.59. The molecule has 2 aromatic carbocycles.